The van der Waals surface area contributed by atoms with E-state index in [9.17, 15) is 31.8 Å². The number of anilines is 1. The number of thiophene rings is 1. The summed E-state index contributed by atoms with van der Waals surface area (Å²) in [4.78, 5) is 12.2. The predicted octanol–water partition coefficient (Wildman–Crippen LogP) is 1.02. The van der Waals surface area contributed by atoms with Gasteiger partial charge >= 0.3 is 6.18 Å². The van der Waals surface area contributed by atoms with E-state index in [0.29, 0.717) is 33.1 Å². The second-order valence-electron chi connectivity index (χ2n) is 9.74. The summed E-state index contributed by atoms with van der Waals surface area (Å²) in [5, 5.41) is 22.1. The minimum absolute atomic E-state index is 0.0231. The van der Waals surface area contributed by atoms with Gasteiger partial charge in [-0.1, -0.05) is 6.07 Å². The maximum absolute atomic E-state index is 13.3. The molecule has 4 unspecified atom stereocenters. The molecule has 0 saturated carbocycles. The highest BCUT2D eigenvalue weighted by Gasteiger charge is 2.52. The minimum atomic E-state index is -4.90. The van der Waals surface area contributed by atoms with Gasteiger partial charge in [0.2, 0.25) is 5.95 Å². The molecular weight excluding hydrogens is 535 g/mol. The molecule has 2 aromatic heterocycles. The fourth-order valence-electron chi connectivity index (χ4n) is 5.17. The molecule has 204 valence electrons. The molecule has 0 radical (unpaired) electrons. The maximum atomic E-state index is 13.3. The van der Waals surface area contributed by atoms with Crippen LogP contribution in [0.25, 0.3) is 0 Å². The van der Waals surface area contributed by atoms with Gasteiger partial charge in [-0.05, 0) is 24.8 Å². The lowest BCUT2D eigenvalue weighted by Crippen LogP contribution is -2.61. The maximum Gasteiger partial charge on any atom is 0.421 e. The number of ether oxygens (including phenoxy) is 1. The van der Waals surface area contributed by atoms with E-state index in [1.807, 2.05) is 0 Å². The summed E-state index contributed by atoms with van der Waals surface area (Å²) in [6.07, 6.45) is -3.02. The number of nitrogens with zero attached hydrogens (tertiary/aromatic N) is 5. The normalized spacial score (nSPS) is 29.4. The lowest BCUT2D eigenvalue weighted by atomic mass is 9.99. The number of morpholine rings is 1. The molecule has 0 aromatic carbocycles. The molecule has 0 aliphatic carbocycles. The zero-order chi connectivity index (χ0) is 26.6. The van der Waals surface area contributed by atoms with Gasteiger partial charge in [0.15, 0.2) is 5.60 Å². The van der Waals surface area contributed by atoms with Gasteiger partial charge in [-0.2, -0.15) is 17.5 Å². The van der Waals surface area contributed by atoms with Crippen molar-refractivity contribution >= 4 is 27.3 Å². The number of aliphatic hydroxyl groups is 2. The first kappa shape index (κ1) is 26.7. The molecule has 3 fully saturated rings. The molecule has 5 heterocycles. The van der Waals surface area contributed by atoms with E-state index in [1.54, 1.807) is 22.4 Å². The summed E-state index contributed by atoms with van der Waals surface area (Å²) in [5.74, 6) is 0.140. The van der Waals surface area contributed by atoms with Gasteiger partial charge in [0.05, 0.1) is 31.4 Å². The number of hydrogen-bond donors (Lipinski definition) is 2. The van der Waals surface area contributed by atoms with E-state index >= 15 is 0 Å². The Kier molecular flexibility index (Phi) is 7.00. The number of aromatic nitrogens is 2. The van der Waals surface area contributed by atoms with Gasteiger partial charge in [0.25, 0.3) is 10.0 Å². The molecule has 5 rings (SSSR count). The van der Waals surface area contributed by atoms with E-state index in [4.69, 9.17) is 4.74 Å². The van der Waals surface area contributed by atoms with Crippen LogP contribution in [0.5, 0.6) is 0 Å². The van der Waals surface area contributed by atoms with Gasteiger partial charge in [-0.25, -0.2) is 18.4 Å². The average Bonchev–Trinajstić information content (AvgIpc) is 3.44. The fourth-order valence-corrected chi connectivity index (χ4v) is 7.79. The van der Waals surface area contributed by atoms with Gasteiger partial charge in [0, 0.05) is 50.2 Å². The zero-order valence-electron chi connectivity index (χ0n) is 20.0. The third-order valence-corrected chi connectivity index (χ3v) is 10.7. The summed E-state index contributed by atoms with van der Waals surface area (Å²) in [7, 11) is -3.73. The van der Waals surface area contributed by atoms with Crippen LogP contribution in [-0.2, 0) is 20.4 Å². The number of halogens is 3. The standard InChI is InChI=1S/C22H28F3N5O5S2/c1-21(32,22(23,24)25)14-8-26-20(27-9-14)29-5-4-28(37(33,34)19-3-2-6-36-19)10-16(29)11-30-15-7-18(31)17(30)13-35-12-15/h2-3,6,8-9,15-18,31-32H,4-5,7,10-13H2,1H3/t15?,16-,17?,18?,21?/m1/s1. The first-order valence-corrected chi connectivity index (χ1v) is 14.1. The van der Waals surface area contributed by atoms with E-state index in [0.717, 1.165) is 23.7 Å². The Morgan fingerprint density at radius 3 is 2.57 bits per heavy atom. The van der Waals surface area contributed by atoms with Crippen molar-refractivity contribution in [1.29, 1.82) is 0 Å². The summed E-state index contributed by atoms with van der Waals surface area (Å²) >= 11 is 1.13. The van der Waals surface area contributed by atoms with Crippen molar-refractivity contribution in [3.05, 3.63) is 35.5 Å². The van der Waals surface area contributed by atoms with Gasteiger partial charge in [-0.15, -0.1) is 11.3 Å². The molecular formula is C22H28F3N5O5S2. The van der Waals surface area contributed by atoms with E-state index < -0.39 is 39.5 Å². The highest BCUT2D eigenvalue weighted by atomic mass is 32.2. The Morgan fingerprint density at radius 2 is 1.95 bits per heavy atom. The number of rotatable bonds is 6. The van der Waals surface area contributed by atoms with E-state index in [2.05, 4.69) is 14.9 Å². The predicted molar refractivity (Wildman–Crippen MR) is 128 cm³/mol. The number of aliphatic hydroxyl groups excluding tert-OH is 1. The highest BCUT2D eigenvalue weighted by molar-refractivity contribution is 7.91. The zero-order valence-corrected chi connectivity index (χ0v) is 21.6. The van der Waals surface area contributed by atoms with Gasteiger partial charge < -0.3 is 19.8 Å². The SMILES string of the molecule is CC(O)(c1cnc(N2CCN(S(=O)(=O)c3cccs3)C[C@@H]2CN2C3COCC2C(O)C3)nc1)C(F)(F)F. The highest BCUT2D eigenvalue weighted by Crippen LogP contribution is 2.38. The van der Waals surface area contributed by atoms with Crippen LogP contribution >= 0.6 is 11.3 Å². The number of hydrogen-bond acceptors (Lipinski definition) is 10. The topological polar surface area (TPSA) is 119 Å². The monoisotopic (exact) mass is 563 g/mol. The Hall–Kier alpha value is -1.88. The summed E-state index contributed by atoms with van der Waals surface area (Å²) < 4.78 is 73.5. The van der Waals surface area contributed by atoms with Crippen molar-refractivity contribution in [3.8, 4) is 0 Å². The molecule has 0 amide bonds. The second-order valence-corrected chi connectivity index (χ2v) is 12.9. The molecule has 3 aliphatic heterocycles. The lowest BCUT2D eigenvalue weighted by molar-refractivity contribution is -0.259. The molecule has 10 nitrogen and oxygen atoms in total. The first-order valence-electron chi connectivity index (χ1n) is 11.8. The Bertz CT molecular complexity index is 1200. The van der Waals surface area contributed by atoms with Crippen LogP contribution in [0.15, 0.2) is 34.1 Å². The molecule has 2 N–H and O–H groups in total. The minimum Gasteiger partial charge on any atom is -0.391 e. The van der Waals surface area contributed by atoms with E-state index in [1.165, 1.54) is 4.31 Å². The summed E-state index contributed by atoms with van der Waals surface area (Å²) in [6, 6.07) is 2.53. The third kappa shape index (κ3) is 4.86. The van der Waals surface area contributed by atoms with Crippen LogP contribution < -0.4 is 4.90 Å². The molecule has 3 aliphatic rings. The fraction of sp³-hybridized carbons (Fsp3) is 0.636. The largest absolute Gasteiger partial charge is 0.421 e. The Labute approximate surface area is 216 Å². The Balaban J connectivity index is 1.43. The molecule has 37 heavy (non-hydrogen) atoms. The molecule has 3 saturated heterocycles. The third-order valence-electron chi connectivity index (χ3n) is 7.42. The molecule has 2 bridgehead atoms. The lowest BCUT2D eigenvalue weighted by Gasteiger charge is -2.45. The number of alkyl halides is 3. The van der Waals surface area contributed by atoms with Gasteiger partial charge in [0.1, 0.15) is 4.21 Å². The number of fused-ring (bicyclic) bond motifs is 2. The smallest absolute Gasteiger partial charge is 0.391 e. The quantitative estimate of drug-likeness (QED) is 0.531. The average molecular weight is 564 g/mol. The summed E-state index contributed by atoms with van der Waals surface area (Å²) in [5.41, 5.74) is -3.60. The van der Waals surface area contributed by atoms with Crippen LogP contribution in [-0.4, -0.2) is 108 Å². The number of piperazine rings is 1. The first-order chi connectivity index (χ1) is 17.4. The van der Waals surface area contributed by atoms with Crippen molar-refractivity contribution in [2.45, 2.75) is 53.6 Å². The molecule has 0 spiro atoms. The van der Waals surface area contributed by atoms with Crippen molar-refractivity contribution in [3.63, 3.8) is 0 Å². The van der Waals surface area contributed by atoms with Crippen molar-refractivity contribution in [2.24, 2.45) is 0 Å². The number of sulfonamides is 1. The second kappa shape index (κ2) is 9.70. The van der Waals surface area contributed by atoms with Crippen LogP contribution in [0.2, 0.25) is 0 Å². The summed E-state index contributed by atoms with van der Waals surface area (Å²) in [6.45, 7) is 2.31. The molecule has 2 aromatic rings. The van der Waals surface area contributed by atoms with Crippen LogP contribution in [0, 0.1) is 0 Å². The molecule has 15 heteroatoms. The Morgan fingerprint density at radius 1 is 1.22 bits per heavy atom. The van der Waals surface area contributed by atoms with Crippen LogP contribution in [0.1, 0.15) is 18.9 Å². The molecule has 5 atom stereocenters. The van der Waals surface area contributed by atoms with Crippen molar-refractivity contribution in [2.75, 3.05) is 44.3 Å². The van der Waals surface area contributed by atoms with Crippen LogP contribution in [0.3, 0.4) is 0 Å². The van der Waals surface area contributed by atoms with Crippen LogP contribution in [0.4, 0.5) is 19.1 Å². The van der Waals surface area contributed by atoms with Crippen molar-refractivity contribution < 1.29 is 36.5 Å². The van der Waals surface area contributed by atoms with Gasteiger partial charge in [-0.3, -0.25) is 4.90 Å². The van der Waals surface area contributed by atoms with Crippen molar-refractivity contribution in [1.82, 2.24) is 19.2 Å². The van der Waals surface area contributed by atoms with E-state index in [-0.39, 0.29) is 41.9 Å².